The Balaban J connectivity index is 1.63. The summed E-state index contributed by atoms with van der Waals surface area (Å²) >= 11 is -0.382. The van der Waals surface area contributed by atoms with Crippen molar-refractivity contribution in [2.45, 2.75) is 54.5 Å². The predicted molar refractivity (Wildman–Crippen MR) is 124 cm³/mol. The maximum absolute atomic E-state index is 11.2. The Morgan fingerprint density at radius 1 is 1.23 bits per heavy atom. The van der Waals surface area contributed by atoms with E-state index < -0.39 is 16.7 Å². The van der Waals surface area contributed by atoms with Gasteiger partial charge in [0.15, 0.2) is 0 Å². The molecule has 2 N–H and O–H groups in total. The first-order valence-electron chi connectivity index (χ1n) is 10.4. The second kappa shape index (κ2) is 10.8. The van der Waals surface area contributed by atoms with Crippen LogP contribution in [0.5, 0.6) is 0 Å². The van der Waals surface area contributed by atoms with Gasteiger partial charge in [-0.2, -0.15) is 0 Å². The number of piperidine rings is 1. The lowest BCUT2D eigenvalue weighted by molar-refractivity contribution is -0.00555. The third-order valence-electron chi connectivity index (χ3n) is 5.67. The summed E-state index contributed by atoms with van der Waals surface area (Å²) in [5.74, 6) is 0.921. The van der Waals surface area contributed by atoms with Crippen molar-refractivity contribution < 1.29 is 13.9 Å². The van der Waals surface area contributed by atoms with Gasteiger partial charge in [-0.25, -0.2) is 0 Å². The number of anilines is 1. The number of aryl methyl sites for hydroxylation is 1. The Bertz CT molecular complexity index is 836. The van der Waals surface area contributed by atoms with Gasteiger partial charge in [-0.1, -0.05) is 18.2 Å². The molecule has 1 heterocycles. The third kappa shape index (κ3) is 7.10. The Kier molecular flexibility index (Phi) is 8.36. The van der Waals surface area contributed by atoms with Gasteiger partial charge in [-0.05, 0) is 80.1 Å². The van der Waals surface area contributed by atoms with Crippen LogP contribution in [0.2, 0.25) is 0 Å². The minimum Gasteiger partial charge on any atom is -0.768 e. The quantitative estimate of drug-likeness (QED) is 0.446. The fraction of sp³-hybridized carbons (Fsp3) is 0.478. The van der Waals surface area contributed by atoms with Crippen molar-refractivity contribution in [3.8, 4) is 0 Å². The molecule has 3 rings (SSSR count). The molecule has 5 nitrogen and oxygen atoms in total. The van der Waals surface area contributed by atoms with E-state index in [1.807, 2.05) is 37.7 Å². The molecule has 1 aliphatic rings. The summed E-state index contributed by atoms with van der Waals surface area (Å²) in [6.07, 6.45) is 2.62. The molecule has 2 atom stereocenters. The second-order valence-electron chi connectivity index (χ2n) is 8.30. The molecule has 0 aliphatic carbocycles. The molecule has 0 aromatic heterocycles. The Labute approximate surface area is 186 Å². The summed E-state index contributed by atoms with van der Waals surface area (Å²) in [6.45, 7) is 6.69. The summed E-state index contributed by atoms with van der Waals surface area (Å²) in [6, 6.07) is 15.8. The molecule has 0 radical (unpaired) electrons. The predicted octanol–water partition coefficient (Wildman–Crippen LogP) is 4.04. The fourth-order valence-corrected chi connectivity index (χ4v) is 5.07. The first-order valence-corrected chi connectivity index (χ1v) is 12.5. The number of aliphatic hydroxyl groups is 1. The smallest absolute Gasteiger partial charge is 0.0644 e. The van der Waals surface area contributed by atoms with Gasteiger partial charge in [0.1, 0.15) is 0 Å². The standard InChI is InChI=1S/C23H32N2O3S2/c1-18-16-21(30(27)28)8-9-22(18)24-19(17-29-20-6-4-3-5-7-20)10-13-25-14-11-23(2,26)12-15-25/h3-9,16,19,24,26H,10-15,17H2,1-2H3,(H,27,28)/p-1/t19-/m1/s1. The van der Waals surface area contributed by atoms with Crippen LogP contribution in [-0.2, 0) is 11.1 Å². The van der Waals surface area contributed by atoms with Gasteiger partial charge < -0.3 is 19.9 Å². The van der Waals surface area contributed by atoms with Crippen LogP contribution in [0.3, 0.4) is 0 Å². The van der Waals surface area contributed by atoms with Crippen LogP contribution in [0.4, 0.5) is 5.69 Å². The topological polar surface area (TPSA) is 75.6 Å². The highest BCUT2D eigenvalue weighted by Gasteiger charge is 2.27. The van der Waals surface area contributed by atoms with Crippen LogP contribution >= 0.6 is 11.8 Å². The van der Waals surface area contributed by atoms with Crippen molar-refractivity contribution in [2.75, 3.05) is 30.7 Å². The maximum Gasteiger partial charge on any atom is 0.0644 e. The van der Waals surface area contributed by atoms with Gasteiger partial charge in [0.25, 0.3) is 0 Å². The minimum atomic E-state index is -2.21. The highest BCUT2D eigenvalue weighted by Crippen LogP contribution is 2.25. The lowest BCUT2D eigenvalue weighted by atomic mass is 9.94. The van der Waals surface area contributed by atoms with Crippen molar-refractivity contribution in [2.24, 2.45) is 0 Å². The van der Waals surface area contributed by atoms with Crippen molar-refractivity contribution in [3.63, 3.8) is 0 Å². The van der Waals surface area contributed by atoms with E-state index in [0.29, 0.717) is 4.90 Å². The lowest BCUT2D eigenvalue weighted by Gasteiger charge is -2.36. The Hall–Kier alpha value is -1.38. The second-order valence-corrected chi connectivity index (χ2v) is 10.3. The normalized spacial score (nSPS) is 18.7. The van der Waals surface area contributed by atoms with Gasteiger partial charge in [0.05, 0.1) is 5.60 Å². The molecule has 1 saturated heterocycles. The van der Waals surface area contributed by atoms with Crippen molar-refractivity contribution >= 4 is 28.5 Å². The van der Waals surface area contributed by atoms with Crippen LogP contribution in [0.15, 0.2) is 58.3 Å². The summed E-state index contributed by atoms with van der Waals surface area (Å²) in [4.78, 5) is 3.98. The number of hydrogen-bond donors (Lipinski definition) is 2. The van der Waals surface area contributed by atoms with Crippen molar-refractivity contribution in [1.82, 2.24) is 4.90 Å². The van der Waals surface area contributed by atoms with Gasteiger partial charge >= 0.3 is 0 Å². The minimum absolute atomic E-state index is 0.250. The molecular formula is C23H31N2O3S2-. The molecule has 0 bridgehead atoms. The number of nitrogens with zero attached hydrogens (tertiary/aromatic N) is 1. The van der Waals surface area contributed by atoms with E-state index in [1.165, 1.54) is 4.90 Å². The van der Waals surface area contributed by atoms with Gasteiger partial charge in [-0.3, -0.25) is 4.21 Å². The van der Waals surface area contributed by atoms with Crippen LogP contribution in [0.1, 0.15) is 31.7 Å². The van der Waals surface area contributed by atoms with E-state index in [9.17, 15) is 13.9 Å². The average Bonchev–Trinajstić information content (AvgIpc) is 2.72. The lowest BCUT2D eigenvalue weighted by Crippen LogP contribution is -2.43. The molecule has 164 valence electrons. The maximum atomic E-state index is 11.2. The zero-order valence-corrected chi connectivity index (χ0v) is 19.3. The molecule has 0 saturated carbocycles. The zero-order valence-electron chi connectivity index (χ0n) is 17.7. The largest absolute Gasteiger partial charge is 0.768 e. The van der Waals surface area contributed by atoms with Crippen molar-refractivity contribution in [3.05, 3.63) is 54.1 Å². The van der Waals surface area contributed by atoms with E-state index in [-0.39, 0.29) is 6.04 Å². The van der Waals surface area contributed by atoms with E-state index in [0.717, 1.165) is 55.9 Å². The van der Waals surface area contributed by atoms with Crippen LogP contribution in [0, 0.1) is 6.92 Å². The van der Waals surface area contributed by atoms with E-state index in [1.54, 1.807) is 12.1 Å². The van der Waals surface area contributed by atoms with Gasteiger partial charge in [0, 0.05) is 46.9 Å². The molecule has 1 aliphatic heterocycles. The summed E-state index contributed by atoms with van der Waals surface area (Å²) in [5, 5.41) is 13.8. The zero-order chi connectivity index (χ0) is 21.6. The number of benzene rings is 2. The SMILES string of the molecule is Cc1cc(S(=O)[O-])ccc1N[C@H](CCN1CCC(C)(O)CC1)CSc1ccccc1. The molecule has 1 unspecified atom stereocenters. The van der Waals surface area contributed by atoms with Crippen LogP contribution in [-0.4, -0.2) is 55.8 Å². The fourth-order valence-electron chi connectivity index (χ4n) is 3.63. The van der Waals surface area contributed by atoms with Crippen LogP contribution < -0.4 is 5.32 Å². The monoisotopic (exact) mass is 447 g/mol. The van der Waals surface area contributed by atoms with Gasteiger partial charge in [0.2, 0.25) is 0 Å². The number of likely N-dealkylation sites (tertiary alicyclic amines) is 1. The molecule has 0 amide bonds. The highest BCUT2D eigenvalue weighted by molar-refractivity contribution is 7.99. The summed E-state index contributed by atoms with van der Waals surface area (Å²) < 4.78 is 22.4. The first-order chi connectivity index (χ1) is 14.3. The summed E-state index contributed by atoms with van der Waals surface area (Å²) in [7, 11) is 0. The number of hydrogen-bond acceptors (Lipinski definition) is 6. The highest BCUT2D eigenvalue weighted by atomic mass is 32.2. The van der Waals surface area contributed by atoms with Crippen molar-refractivity contribution in [1.29, 1.82) is 0 Å². The molecular weight excluding hydrogens is 416 g/mol. The molecule has 2 aromatic carbocycles. The number of rotatable bonds is 9. The van der Waals surface area contributed by atoms with E-state index in [2.05, 4.69) is 34.5 Å². The third-order valence-corrected chi connectivity index (χ3v) is 7.48. The Morgan fingerprint density at radius 2 is 1.93 bits per heavy atom. The molecule has 30 heavy (non-hydrogen) atoms. The molecule has 2 aromatic rings. The molecule has 7 heteroatoms. The number of thioether (sulfide) groups is 1. The van der Waals surface area contributed by atoms with E-state index >= 15 is 0 Å². The van der Waals surface area contributed by atoms with Crippen LogP contribution in [0.25, 0.3) is 0 Å². The Morgan fingerprint density at radius 3 is 2.57 bits per heavy atom. The number of nitrogens with one attached hydrogen (secondary N) is 1. The summed E-state index contributed by atoms with van der Waals surface area (Å²) in [5.41, 5.74) is 1.38. The molecule has 0 spiro atoms. The van der Waals surface area contributed by atoms with Gasteiger partial charge in [-0.15, -0.1) is 11.8 Å². The average molecular weight is 448 g/mol. The van der Waals surface area contributed by atoms with E-state index in [4.69, 9.17) is 0 Å². The molecule has 1 fully saturated rings. The first kappa shape index (κ1) is 23.3.